The summed E-state index contributed by atoms with van der Waals surface area (Å²) >= 11 is 1.70. The highest BCUT2D eigenvalue weighted by atomic mass is 127. The summed E-state index contributed by atoms with van der Waals surface area (Å²) in [7, 11) is 2.07. The van der Waals surface area contributed by atoms with Gasteiger partial charge in [0, 0.05) is 25.0 Å². The highest BCUT2D eigenvalue weighted by Crippen LogP contribution is 2.29. The quantitative estimate of drug-likeness (QED) is 0.485. The van der Waals surface area contributed by atoms with Crippen LogP contribution in [-0.2, 0) is 6.54 Å². The first-order chi connectivity index (χ1) is 8.60. The van der Waals surface area contributed by atoms with E-state index in [1.807, 2.05) is 6.92 Å². The van der Waals surface area contributed by atoms with Gasteiger partial charge in [-0.1, -0.05) is 6.92 Å². The molecule has 0 spiro atoms. The molecular formula is C13H23IN4S. The van der Waals surface area contributed by atoms with E-state index >= 15 is 0 Å². The second-order valence-corrected chi connectivity index (χ2v) is 6.04. The molecule has 1 aromatic rings. The number of hydrogen-bond acceptors (Lipinski definition) is 3. The van der Waals surface area contributed by atoms with Gasteiger partial charge in [0.05, 0.1) is 17.2 Å². The van der Waals surface area contributed by atoms with Crippen LogP contribution in [0.5, 0.6) is 0 Å². The van der Waals surface area contributed by atoms with Crippen LogP contribution in [0.25, 0.3) is 0 Å². The predicted molar refractivity (Wildman–Crippen MR) is 92.4 cm³/mol. The lowest BCUT2D eigenvalue weighted by Gasteiger charge is -2.21. The summed E-state index contributed by atoms with van der Waals surface area (Å²) in [5, 5.41) is 6.76. The molecule has 1 aromatic heterocycles. The average molecular weight is 394 g/mol. The maximum absolute atomic E-state index is 4.55. The van der Waals surface area contributed by atoms with E-state index in [4.69, 9.17) is 0 Å². The number of guanidine groups is 1. The van der Waals surface area contributed by atoms with Gasteiger partial charge in [0.25, 0.3) is 0 Å². The molecule has 19 heavy (non-hydrogen) atoms. The molecule has 1 aliphatic carbocycles. The Morgan fingerprint density at radius 3 is 2.79 bits per heavy atom. The van der Waals surface area contributed by atoms with Crippen molar-refractivity contribution in [3.8, 4) is 0 Å². The first-order valence-corrected chi connectivity index (χ1v) is 7.41. The van der Waals surface area contributed by atoms with Crippen LogP contribution < -0.4 is 5.32 Å². The molecule has 2 rings (SSSR count). The summed E-state index contributed by atoms with van der Waals surface area (Å²) in [5.74, 6) is 1.78. The Kier molecular flexibility index (Phi) is 6.52. The van der Waals surface area contributed by atoms with E-state index in [1.165, 1.54) is 6.42 Å². The minimum Gasteiger partial charge on any atom is -0.353 e. The van der Waals surface area contributed by atoms with Crippen molar-refractivity contribution in [2.75, 3.05) is 13.6 Å². The summed E-state index contributed by atoms with van der Waals surface area (Å²) in [6.07, 6.45) is 1.26. The maximum Gasteiger partial charge on any atom is 0.194 e. The Labute approximate surface area is 136 Å². The van der Waals surface area contributed by atoms with Gasteiger partial charge in [0.2, 0.25) is 0 Å². The molecule has 4 nitrogen and oxygen atoms in total. The Morgan fingerprint density at radius 2 is 2.32 bits per heavy atom. The van der Waals surface area contributed by atoms with Crippen LogP contribution in [0, 0.1) is 12.8 Å². The van der Waals surface area contributed by atoms with Crippen molar-refractivity contribution >= 4 is 41.3 Å². The zero-order chi connectivity index (χ0) is 13.1. The predicted octanol–water partition coefficient (Wildman–Crippen LogP) is 2.88. The van der Waals surface area contributed by atoms with E-state index in [-0.39, 0.29) is 24.0 Å². The van der Waals surface area contributed by atoms with Crippen molar-refractivity contribution in [1.82, 2.24) is 15.2 Å². The molecular weight excluding hydrogens is 371 g/mol. The summed E-state index contributed by atoms with van der Waals surface area (Å²) in [5.41, 5.74) is 1.12. The molecule has 1 heterocycles. The van der Waals surface area contributed by atoms with Gasteiger partial charge in [-0.05, 0) is 26.2 Å². The molecule has 2 atom stereocenters. The second-order valence-electron chi connectivity index (χ2n) is 4.98. The van der Waals surface area contributed by atoms with Gasteiger partial charge >= 0.3 is 0 Å². The third-order valence-electron chi connectivity index (χ3n) is 3.16. The molecule has 2 unspecified atom stereocenters. The normalized spacial score (nSPS) is 21.8. The van der Waals surface area contributed by atoms with E-state index in [0.717, 1.165) is 35.7 Å². The molecule has 6 heteroatoms. The van der Waals surface area contributed by atoms with Gasteiger partial charge in [-0.25, -0.2) is 4.98 Å². The number of nitrogens with one attached hydrogen (secondary N) is 1. The van der Waals surface area contributed by atoms with Crippen molar-refractivity contribution in [3.63, 3.8) is 0 Å². The van der Waals surface area contributed by atoms with Gasteiger partial charge in [-0.15, -0.1) is 35.3 Å². The molecule has 0 amide bonds. The lowest BCUT2D eigenvalue weighted by molar-refractivity contribution is 0.467. The fraction of sp³-hybridized carbons (Fsp3) is 0.692. The molecule has 0 aromatic carbocycles. The van der Waals surface area contributed by atoms with Gasteiger partial charge in [0.15, 0.2) is 5.96 Å². The monoisotopic (exact) mass is 394 g/mol. The number of rotatable bonds is 4. The highest BCUT2D eigenvalue weighted by Gasteiger charge is 2.33. The Morgan fingerprint density at radius 1 is 1.63 bits per heavy atom. The minimum absolute atomic E-state index is 0. The number of thiazole rings is 1. The lowest BCUT2D eigenvalue weighted by atomic mass is 10.4. The number of aliphatic imine (C=N–C) groups is 1. The zero-order valence-corrected chi connectivity index (χ0v) is 15.2. The molecule has 1 fully saturated rings. The van der Waals surface area contributed by atoms with E-state index in [9.17, 15) is 0 Å². The van der Waals surface area contributed by atoms with E-state index in [1.54, 1.807) is 11.3 Å². The minimum atomic E-state index is 0. The van der Waals surface area contributed by atoms with Crippen molar-refractivity contribution in [2.45, 2.75) is 39.8 Å². The molecule has 0 radical (unpaired) electrons. The van der Waals surface area contributed by atoms with Crippen LogP contribution in [0.1, 0.15) is 31.0 Å². The van der Waals surface area contributed by atoms with Gasteiger partial charge in [0.1, 0.15) is 0 Å². The van der Waals surface area contributed by atoms with Crippen molar-refractivity contribution < 1.29 is 0 Å². The Bertz CT molecular complexity index is 432. The van der Waals surface area contributed by atoms with Crippen molar-refractivity contribution in [1.29, 1.82) is 0 Å². The third-order valence-corrected chi connectivity index (χ3v) is 3.98. The van der Waals surface area contributed by atoms with Gasteiger partial charge in [-0.3, -0.25) is 4.99 Å². The Balaban J connectivity index is 0.00000180. The van der Waals surface area contributed by atoms with Gasteiger partial charge in [-0.2, -0.15) is 0 Å². The van der Waals surface area contributed by atoms with Crippen LogP contribution >= 0.6 is 35.3 Å². The summed E-state index contributed by atoms with van der Waals surface area (Å²) in [6, 6.07) is 0.606. The SMILES string of the molecule is CCN=C(NC1CC1C)N(C)Cc1csc(C)n1.I. The fourth-order valence-corrected chi connectivity index (χ4v) is 2.52. The van der Waals surface area contributed by atoms with Crippen LogP contribution in [0.3, 0.4) is 0 Å². The van der Waals surface area contributed by atoms with Crippen LogP contribution in [0.15, 0.2) is 10.4 Å². The average Bonchev–Trinajstić information content (AvgIpc) is 2.85. The first-order valence-electron chi connectivity index (χ1n) is 6.53. The summed E-state index contributed by atoms with van der Waals surface area (Å²) in [4.78, 5) is 11.2. The fourth-order valence-electron chi connectivity index (χ4n) is 1.91. The molecule has 0 bridgehead atoms. The lowest BCUT2D eigenvalue weighted by Crippen LogP contribution is -2.40. The van der Waals surface area contributed by atoms with Crippen molar-refractivity contribution in [2.24, 2.45) is 10.9 Å². The van der Waals surface area contributed by atoms with Crippen molar-refractivity contribution in [3.05, 3.63) is 16.1 Å². The number of aromatic nitrogens is 1. The molecule has 0 aliphatic heterocycles. The van der Waals surface area contributed by atoms with Crippen LogP contribution in [0.4, 0.5) is 0 Å². The molecule has 1 aliphatic rings. The smallest absolute Gasteiger partial charge is 0.194 e. The maximum atomic E-state index is 4.55. The third kappa shape index (κ3) is 4.91. The largest absolute Gasteiger partial charge is 0.353 e. The van der Waals surface area contributed by atoms with Gasteiger partial charge < -0.3 is 10.2 Å². The number of hydrogen-bond donors (Lipinski definition) is 1. The second kappa shape index (κ2) is 7.42. The molecule has 1 N–H and O–H groups in total. The van der Waals surface area contributed by atoms with E-state index in [0.29, 0.717) is 6.04 Å². The molecule has 108 valence electrons. The number of aryl methyl sites for hydroxylation is 1. The summed E-state index contributed by atoms with van der Waals surface area (Å²) in [6.45, 7) is 8.00. The Hall–Kier alpha value is -0.370. The van der Waals surface area contributed by atoms with E-state index in [2.05, 4.69) is 46.5 Å². The van der Waals surface area contributed by atoms with Crippen LogP contribution in [-0.4, -0.2) is 35.5 Å². The number of nitrogens with zero attached hydrogens (tertiary/aromatic N) is 3. The zero-order valence-electron chi connectivity index (χ0n) is 12.0. The number of halogens is 1. The van der Waals surface area contributed by atoms with E-state index < -0.39 is 0 Å². The first kappa shape index (κ1) is 16.7. The molecule has 1 saturated carbocycles. The molecule has 0 saturated heterocycles. The van der Waals surface area contributed by atoms with Crippen LogP contribution in [0.2, 0.25) is 0 Å². The summed E-state index contributed by atoms with van der Waals surface area (Å²) < 4.78 is 0. The topological polar surface area (TPSA) is 40.5 Å². The highest BCUT2D eigenvalue weighted by molar-refractivity contribution is 14.0. The standard InChI is InChI=1S/C13H22N4S.HI/c1-5-14-13(16-12-6-9(12)2)17(4)7-11-8-18-10(3)15-11;/h8-9,12H,5-7H2,1-4H3,(H,14,16);1H.